The fraction of sp³-hybridized carbons (Fsp3) is 0.222. The van der Waals surface area contributed by atoms with E-state index in [4.69, 9.17) is 0 Å². The molecule has 20 heavy (non-hydrogen) atoms. The van der Waals surface area contributed by atoms with E-state index >= 15 is 0 Å². The summed E-state index contributed by atoms with van der Waals surface area (Å²) in [6.07, 6.45) is 5.59. The number of allylic oxidation sites excluding steroid dienone is 2. The van der Waals surface area contributed by atoms with Gasteiger partial charge >= 0.3 is 0 Å². The van der Waals surface area contributed by atoms with Gasteiger partial charge in [0.05, 0.1) is 0 Å². The van der Waals surface area contributed by atoms with E-state index < -0.39 is 0 Å². The molecular weight excluding hydrogens is 248 g/mol. The Labute approximate surface area is 119 Å². The molecule has 2 aromatic carbocycles. The fourth-order valence-corrected chi connectivity index (χ4v) is 2.10. The van der Waals surface area contributed by atoms with Crippen LogP contribution >= 0.6 is 0 Å². The molecule has 0 fully saturated rings. The van der Waals surface area contributed by atoms with Gasteiger partial charge in [-0.15, -0.1) is 0 Å². The minimum Gasteiger partial charge on any atom is -0.300 e. The highest BCUT2D eigenvalue weighted by Gasteiger charge is 2.02. The van der Waals surface area contributed by atoms with Gasteiger partial charge in [-0.05, 0) is 42.7 Å². The number of carbonyl (C=O) groups excluding carboxylic acids is 2. The number of fused-ring (bicyclic) bond motifs is 1. The van der Waals surface area contributed by atoms with Crippen LogP contribution in [0.4, 0.5) is 0 Å². The van der Waals surface area contributed by atoms with Crippen LogP contribution in [0.5, 0.6) is 0 Å². The van der Waals surface area contributed by atoms with Gasteiger partial charge in [-0.25, -0.2) is 0 Å². The summed E-state index contributed by atoms with van der Waals surface area (Å²) in [4.78, 5) is 22.8. The van der Waals surface area contributed by atoms with Crippen LogP contribution in [0.15, 0.2) is 54.6 Å². The number of rotatable bonds is 6. The van der Waals surface area contributed by atoms with Crippen LogP contribution in [0.25, 0.3) is 10.8 Å². The van der Waals surface area contributed by atoms with Crippen molar-refractivity contribution in [3.8, 4) is 0 Å². The Kier molecular flexibility index (Phi) is 4.83. The van der Waals surface area contributed by atoms with Crippen LogP contribution in [-0.4, -0.2) is 11.6 Å². The van der Waals surface area contributed by atoms with E-state index in [1.165, 1.54) is 0 Å². The molecule has 0 aliphatic rings. The third-order valence-electron chi connectivity index (χ3n) is 3.20. The van der Waals surface area contributed by atoms with Gasteiger partial charge in [0.1, 0.15) is 5.78 Å². The molecule has 0 saturated heterocycles. The van der Waals surface area contributed by atoms with Crippen LogP contribution < -0.4 is 0 Å². The first-order valence-corrected chi connectivity index (χ1v) is 6.86. The van der Waals surface area contributed by atoms with Crippen molar-refractivity contribution in [2.75, 3.05) is 0 Å². The molecule has 0 atom stereocenters. The van der Waals surface area contributed by atoms with Gasteiger partial charge < -0.3 is 4.79 Å². The highest BCUT2D eigenvalue weighted by molar-refractivity contribution is 6.06. The van der Waals surface area contributed by atoms with Crippen molar-refractivity contribution in [1.82, 2.24) is 0 Å². The lowest BCUT2D eigenvalue weighted by molar-refractivity contribution is -0.117. The Morgan fingerprint density at radius 2 is 1.80 bits per heavy atom. The van der Waals surface area contributed by atoms with E-state index in [0.29, 0.717) is 12.0 Å². The van der Waals surface area contributed by atoms with Crippen LogP contribution in [0.3, 0.4) is 0 Å². The van der Waals surface area contributed by atoms with Gasteiger partial charge in [-0.3, -0.25) is 4.79 Å². The van der Waals surface area contributed by atoms with Crippen LogP contribution in [0.1, 0.15) is 36.5 Å². The zero-order valence-corrected chi connectivity index (χ0v) is 11.6. The molecule has 2 heteroatoms. The molecule has 0 amide bonds. The molecule has 102 valence electrons. The van der Waals surface area contributed by atoms with Crippen LogP contribution in [-0.2, 0) is 4.79 Å². The van der Waals surface area contributed by atoms with Crippen molar-refractivity contribution >= 4 is 22.3 Å². The molecule has 0 radical (unpaired) electrons. The molecular formula is C18H18O2. The Bertz CT molecular complexity index is 653. The van der Waals surface area contributed by atoms with Crippen molar-refractivity contribution in [1.29, 1.82) is 0 Å². The van der Waals surface area contributed by atoms with Crippen LogP contribution in [0.2, 0.25) is 0 Å². The van der Waals surface area contributed by atoms with Crippen molar-refractivity contribution < 1.29 is 9.59 Å². The molecule has 0 bridgehead atoms. The second-order valence-corrected chi connectivity index (χ2v) is 4.92. The maximum absolute atomic E-state index is 12.0. The third kappa shape index (κ3) is 3.89. The normalized spacial score (nSPS) is 11.1. The second-order valence-electron chi connectivity index (χ2n) is 4.92. The summed E-state index contributed by atoms with van der Waals surface area (Å²) in [6, 6.07) is 13.7. The lowest BCUT2D eigenvalue weighted by Crippen LogP contribution is -1.94. The molecule has 2 rings (SSSR count). The first-order valence-electron chi connectivity index (χ1n) is 6.86. The Balaban J connectivity index is 2.00. The van der Waals surface area contributed by atoms with E-state index in [1.54, 1.807) is 13.0 Å². The van der Waals surface area contributed by atoms with E-state index in [1.807, 2.05) is 48.5 Å². The van der Waals surface area contributed by atoms with Crippen LogP contribution in [0, 0.1) is 0 Å². The average molecular weight is 266 g/mol. The minimum atomic E-state index is 0.0126. The lowest BCUT2D eigenvalue weighted by Gasteiger charge is -2.00. The van der Waals surface area contributed by atoms with E-state index in [2.05, 4.69) is 0 Å². The number of hydrogen-bond donors (Lipinski definition) is 0. The molecule has 0 saturated carbocycles. The van der Waals surface area contributed by atoms with Gasteiger partial charge in [0.15, 0.2) is 5.78 Å². The minimum absolute atomic E-state index is 0.0126. The first-order chi connectivity index (χ1) is 9.66. The first kappa shape index (κ1) is 14.2. The van der Waals surface area contributed by atoms with E-state index in [9.17, 15) is 9.59 Å². The zero-order valence-electron chi connectivity index (χ0n) is 11.6. The Hall–Kier alpha value is -2.22. The Morgan fingerprint density at radius 3 is 2.55 bits per heavy atom. The van der Waals surface area contributed by atoms with Crippen molar-refractivity contribution in [2.24, 2.45) is 0 Å². The maximum Gasteiger partial charge on any atom is 0.185 e. The highest BCUT2D eigenvalue weighted by Crippen LogP contribution is 2.16. The summed E-state index contributed by atoms with van der Waals surface area (Å²) in [5.74, 6) is 0.206. The number of hydrogen-bond acceptors (Lipinski definition) is 2. The maximum atomic E-state index is 12.0. The smallest absolute Gasteiger partial charge is 0.185 e. The molecule has 2 aromatic rings. The molecule has 0 aromatic heterocycles. The van der Waals surface area contributed by atoms with Gasteiger partial charge in [-0.2, -0.15) is 0 Å². The summed E-state index contributed by atoms with van der Waals surface area (Å²) in [7, 11) is 0. The lowest BCUT2D eigenvalue weighted by atomic mass is 10.0. The van der Waals surface area contributed by atoms with Gasteiger partial charge in [-0.1, -0.05) is 42.5 Å². The quantitative estimate of drug-likeness (QED) is 0.443. The summed E-state index contributed by atoms with van der Waals surface area (Å²) >= 11 is 0. The predicted octanol–water partition coefficient (Wildman–Crippen LogP) is 4.34. The topological polar surface area (TPSA) is 34.1 Å². The van der Waals surface area contributed by atoms with Gasteiger partial charge in [0, 0.05) is 12.0 Å². The predicted molar refractivity (Wildman–Crippen MR) is 82.0 cm³/mol. The number of carbonyl (C=O) groups is 2. The number of benzene rings is 2. The zero-order chi connectivity index (χ0) is 14.4. The second kappa shape index (κ2) is 6.80. The average Bonchev–Trinajstić information content (AvgIpc) is 2.46. The van der Waals surface area contributed by atoms with E-state index in [0.717, 1.165) is 23.6 Å². The molecule has 2 nitrogen and oxygen atoms in total. The highest BCUT2D eigenvalue weighted by atomic mass is 16.1. The summed E-state index contributed by atoms with van der Waals surface area (Å²) in [5.41, 5.74) is 0.700. The third-order valence-corrected chi connectivity index (χ3v) is 3.20. The molecule has 0 N–H and O–H groups in total. The molecule has 0 aliphatic heterocycles. The fourth-order valence-electron chi connectivity index (χ4n) is 2.10. The number of unbranched alkanes of at least 4 members (excludes halogenated alkanes) is 1. The summed E-state index contributed by atoms with van der Waals surface area (Å²) in [6.45, 7) is 1.59. The molecule has 0 spiro atoms. The SMILES string of the molecule is CC(=O)CCC/C=C/C(=O)c1ccc2ccccc2c1. The van der Waals surface area contributed by atoms with E-state index in [-0.39, 0.29) is 11.6 Å². The van der Waals surface area contributed by atoms with Crippen molar-refractivity contribution in [2.45, 2.75) is 26.2 Å². The van der Waals surface area contributed by atoms with Gasteiger partial charge in [0.25, 0.3) is 0 Å². The molecule has 0 heterocycles. The largest absolute Gasteiger partial charge is 0.300 e. The Morgan fingerprint density at radius 1 is 1.05 bits per heavy atom. The molecule has 0 unspecified atom stereocenters. The summed E-state index contributed by atoms with van der Waals surface area (Å²) < 4.78 is 0. The van der Waals surface area contributed by atoms with Crippen molar-refractivity contribution in [3.63, 3.8) is 0 Å². The monoisotopic (exact) mass is 266 g/mol. The van der Waals surface area contributed by atoms with Crippen molar-refractivity contribution in [3.05, 3.63) is 60.2 Å². The number of Topliss-reactive ketones (excluding diaryl/α,β-unsaturated/α-hetero) is 1. The standard InChI is InChI=1S/C18H18O2/c1-14(19)7-3-2-4-10-18(20)17-12-11-15-8-5-6-9-16(15)13-17/h4-6,8-13H,2-3,7H2,1H3/b10-4+. The number of ketones is 2. The summed E-state index contributed by atoms with van der Waals surface area (Å²) in [5, 5.41) is 2.21. The molecule has 0 aliphatic carbocycles. The van der Waals surface area contributed by atoms with Gasteiger partial charge in [0.2, 0.25) is 0 Å².